The van der Waals surface area contributed by atoms with Crippen molar-refractivity contribution in [2.24, 2.45) is 0 Å². The highest BCUT2D eigenvalue weighted by Crippen LogP contribution is 2.30. The van der Waals surface area contributed by atoms with Gasteiger partial charge in [0.15, 0.2) is 0 Å². The molecule has 0 amide bonds. The normalized spacial score (nSPS) is 20.4. The summed E-state index contributed by atoms with van der Waals surface area (Å²) < 4.78 is 0. The van der Waals surface area contributed by atoms with Crippen LogP contribution in [0.4, 0.5) is 11.5 Å². The zero-order valence-corrected chi connectivity index (χ0v) is 10.9. The van der Waals surface area contributed by atoms with Crippen molar-refractivity contribution in [3.8, 4) is 0 Å². The molecule has 1 aliphatic rings. The molecule has 1 atom stereocenters. The van der Waals surface area contributed by atoms with Crippen LogP contribution in [0.5, 0.6) is 0 Å². The van der Waals surface area contributed by atoms with E-state index in [1.54, 1.807) is 0 Å². The van der Waals surface area contributed by atoms with Gasteiger partial charge in [-0.15, -0.1) is 0 Å². The molecule has 2 heterocycles. The number of thioether (sulfide) groups is 1. The topological polar surface area (TPSA) is 59.3 Å². The second kappa shape index (κ2) is 5.10. The maximum atomic E-state index is 10.6. The molecule has 17 heavy (non-hydrogen) atoms. The summed E-state index contributed by atoms with van der Waals surface area (Å²) in [7, 11) is 0. The van der Waals surface area contributed by atoms with Crippen molar-refractivity contribution in [3.63, 3.8) is 0 Å². The Hall–Kier alpha value is -1.01. The summed E-state index contributed by atoms with van der Waals surface area (Å²) in [5, 5.41) is 11.5. The summed E-state index contributed by atoms with van der Waals surface area (Å²) in [4.78, 5) is 16.3. The third kappa shape index (κ3) is 2.81. The second-order valence-electron chi connectivity index (χ2n) is 3.88. The maximum absolute atomic E-state index is 10.6. The standard InChI is InChI=1S/C10H12ClN3O2S/c1-7-6-13(2-3-17-7)10-9(11)4-8(5-12-10)14(15)16/h4-5,7H,2-3,6H2,1H3/t7-/m1/s1. The SMILES string of the molecule is C[C@@H]1CN(c2ncc([N+](=O)[O-])cc2Cl)CCS1. The van der Waals surface area contributed by atoms with E-state index in [1.807, 2.05) is 11.8 Å². The Morgan fingerprint density at radius 3 is 3.06 bits per heavy atom. The van der Waals surface area contributed by atoms with Gasteiger partial charge in [-0.25, -0.2) is 4.98 Å². The fourth-order valence-corrected chi connectivity index (χ4v) is 3.06. The molecule has 0 unspecified atom stereocenters. The molecule has 1 aliphatic heterocycles. The summed E-state index contributed by atoms with van der Waals surface area (Å²) in [5.41, 5.74) is -0.0711. The Balaban J connectivity index is 2.23. The van der Waals surface area contributed by atoms with Gasteiger partial charge in [0.05, 0.1) is 9.95 Å². The number of pyridine rings is 1. The monoisotopic (exact) mass is 273 g/mol. The molecule has 0 aromatic carbocycles. The number of halogens is 1. The van der Waals surface area contributed by atoms with E-state index in [9.17, 15) is 10.1 Å². The van der Waals surface area contributed by atoms with Gasteiger partial charge in [-0.2, -0.15) is 11.8 Å². The smallest absolute Gasteiger partial charge is 0.289 e. The summed E-state index contributed by atoms with van der Waals surface area (Å²) in [6, 6.07) is 1.36. The van der Waals surface area contributed by atoms with Crippen LogP contribution in [0.3, 0.4) is 0 Å². The Morgan fingerprint density at radius 1 is 1.71 bits per heavy atom. The minimum Gasteiger partial charge on any atom is -0.353 e. The van der Waals surface area contributed by atoms with Crippen molar-refractivity contribution < 1.29 is 4.92 Å². The lowest BCUT2D eigenvalue weighted by molar-refractivity contribution is -0.385. The number of aromatic nitrogens is 1. The molecule has 0 aliphatic carbocycles. The quantitative estimate of drug-likeness (QED) is 0.612. The Morgan fingerprint density at radius 2 is 2.47 bits per heavy atom. The van der Waals surface area contributed by atoms with Crippen molar-refractivity contribution in [2.75, 3.05) is 23.7 Å². The molecule has 0 spiro atoms. The number of hydrogen-bond donors (Lipinski definition) is 0. The fraction of sp³-hybridized carbons (Fsp3) is 0.500. The molecule has 0 N–H and O–H groups in total. The van der Waals surface area contributed by atoms with Gasteiger partial charge in [0.2, 0.25) is 0 Å². The van der Waals surface area contributed by atoms with Crippen molar-refractivity contribution in [3.05, 3.63) is 27.4 Å². The molecular formula is C10H12ClN3O2S. The lowest BCUT2D eigenvalue weighted by Gasteiger charge is -2.31. The van der Waals surface area contributed by atoms with Crippen LogP contribution in [0.2, 0.25) is 5.02 Å². The number of rotatable bonds is 2. The highest BCUT2D eigenvalue weighted by molar-refractivity contribution is 8.00. The van der Waals surface area contributed by atoms with Crippen LogP contribution in [0.15, 0.2) is 12.3 Å². The molecule has 1 fully saturated rings. The van der Waals surface area contributed by atoms with Crippen LogP contribution in [0, 0.1) is 10.1 Å². The predicted molar refractivity (Wildman–Crippen MR) is 70.0 cm³/mol. The molecule has 5 nitrogen and oxygen atoms in total. The van der Waals surface area contributed by atoms with Crippen LogP contribution in [-0.2, 0) is 0 Å². The van der Waals surface area contributed by atoms with Crippen LogP contribution in [-0.4, -0.2) is 34.0 Å². The third-order valence-corrected chi connectivity index (χ3v) is 3.97. The first-order valence-corrected chi connectivity index (χ1v) is 6.67. The minimum absolute atomic E-state index is 0.0711. The number of nitrogens with zero attached hydrogens (tertiary/aromatic N) is 3. The van der Waals surface area contributed by atoms with Crippen LogP contribution in [0.1, 0.15) is 6.92 Å². The van der Waals surface area contributed by atoms with Gasteiger partial charge in [0, 0.05) is 30.2 Å². The molecule has 92 valence electrons. The molecular weight excluding hydrogens is 262 g/mol. The van der Waals surface area contributed by atoms with Crippen molar-refractivity contribution in [1.29, 1.82) is 0 Å². The number of anilines is 1. The van der Waals surface area contributed by atoms with E-state index < -0.39 is 4.92 Å². The summed E-state index contributed by atoms with van der Waals surface area (Å²) >= 11 is 7.95. The molecule has 2 rings (SSSR count). The van der Waals surface area contributed by atoms with E-state index in [1.165, 1.54) is 12.3 Å². The average Bonchev–Trinajstić information content (AvgIpc) is 2.28. The summed E-state index contributed by atoms with van der Waals surface area (Å²) in [5.74, 6) is 1.67. The van der Waals surface area contributed by atoms with Gasteiger partial charge in [-0.05, 0) is 0 Å². The Bertz CT molecular complexity index is 444. The van der Waals surface area contributed by atoms with E-state index in [0.717, 1.165) is 18.8 Å². The lowest BCUT2D eigenvalue weighted by atomic mass is 10.3. The first-order chi connectivity index (χ1) is 8.08. The van der Waals surface area contributed by atoms with Crippen molar-refractivity contribution >= 4 is 34.9 Å². The van der Waals surface area contributed by atoms with Crippen molar-refractivity contribution in [2.45, 2.75) is 12.2 Å². The van der Waals surface area contributed by atoms with E-state index in [0.29, 0.717) is 16.1 Å². The van der Waals surface area contributed by atoms with Gasteiger partial charge < -0.3 is 4.90 Å². The van der Waals surface area contributed by atoms with Gasteiger partial charge in [0.25, 0.3) is 5.69 Å². The molecule has 1 aromatic rings. The highest BCUT2D eigenvalue weighted by atomic mass is 35.5. The minimum atomic E-state index is -0.489. The molecule has 0 saturated carbocycles. The number of nitro groups is 1. The zero-order chi connectivity index (χ0) is 12.4. The molecule has 1 aromatic heterocycles. The average molecular weight is 274 g/mol. The zero-order valence-electron chi connectivity index (χ0n) is 9.30. The largest absolute Gasteiger partial charge is 0.353 e. The van der Waals surface area contributed by atoms with Crippen LogP contribution in [0.25, 0.3) is 0 Å². The summed E-state index contributed by atoms with van der Waals surface area (Å²) in [6.45, 7) is 3.89. The maximum Gasteiger partial charge on any atom is 0.289 e. The van der Waals surface area contributed by atoms with E-state index in [2.05, 4.69) is 16.8 Å². The van der Waals surface area contributed by atoms with Crippen molar-refractivity contribution in [1.82, 2.24) is 4.98 Å². The third-order valence-electron chi connectivity index (χ3n) is 2.56. The van der Waals surface area contributed by atoms with Crippen LogP contribution >= 0.6 is 23.4 Å². The van der Waals surface area contributed by atoms with Gasteiger partial charge >= 0.3 is 0 Å². The van der Waals surface area contributed by atoms with E-state index >= 15 is 0 Å². The Kier molecular flexibility index (Phi) is 3.73. The molecule has 1 saturated heterocycles. The lowest BCUT2D eigenvalue weighted by Crippen LogP contribution is -2.37. The first kappa shape index (κ1) is 12.4. The fourth-order valence-electron chi connectivity index (χ4n) is 1.76. The first-order valence-electron chi connectivity index (χ1n) is 5.24. The molecule has 0 bridgehead atoms. The summed E-state index contributed by atoms with van der Waals surface area (Å²) in [6.07, 6.45) is 1.26. The Labute approximate surface area is 108 Å². The van der Waals surface area contributed by atoms with Crippen LogP contribution < -0.4 is 4.90 Å². The number of hydrogen-bond acceptors (Lipinski definition) is 5. The highest BCUT2D eigenvalue weighted by Gasteiger charge is 2.21. The molecule has 0 radical (unpaired) electrons. The van der Waals surface area contributed by atoms with E-state index in [-0.39, 0.29) is 5.69 Å². The van der Waals surface area contributed by atoms with E-state index in [4.69, 9.17) is 11.6 Å². The molecule has 7 heteroatoms. The predicted octanol–water partition coefficient (Wildman–Crippen LogP) is 2.58. The van der Waals surface area contributed by atoms with Gasteiger partial charge in [-0.3, -0.25) is 10.1 Å². The van der Waals surface area contributed by atoms with Gasteiger partial charge in [0.1, 0.15) is 12.0 Å². The second-order valence-corrected chi connectivity index (χ2v) is 5.84. The van der Waals surface area contributed by atoms with Gasteiger partial charge in [-0.1, -0.05) is 18.5 Å².